The number of likely N-dealkylation sites (N-methyl/N-ethyl adjacent to an activating group) is 1. The zero-order valence-electron chi connectivity index (χ0n) is 15.0. The molecule has 25 heavy (non-hydrogen) atoms. The molecule has 3 rings (SSSR count). The van der Waals surface area contributed by atoms with Crippen molar-refractivity contribution in [3.63, 3.8) is 0 Å². The number of piperazine rings is 1. The van der Waals surface area contributed by atoms with Crippen LogP contribution in [0, 0.1) is 0 Å². The summed E-state index contributed by atoms with van der Waals surface area (Å²) in [4.78, 5) is 7.62. The first-order valence-corrected chi connectivity index (χ1v) is 10.3. The van der Waals surface area contributed by atoms with Gasteiger partial charge in [-0.2, -0.15) is 0 Å². The Morgan fingerprint density at radius 2 is 1.72 bits per heavy atom. The van der Waals surface area contributed by atoms with Gasteiger partial charge in [-0.05, 0) is 68.8 Å². The summed E-state index contributed by atoms with van der Waals surface area (Å²) in [6, 6.07) is 16.9. The number of nitrogens with zero attached hydrogens (tertiary/aromatic N) is 2. The highest BCUT2D eigenvalue weighted by molar-refractivity contribution is 7.99. The third-order valence-electron chi connectivity index (χ3n) is 4.76. The normalized spacial score (nSPS) is 16.2. The van der Waals surface area contributed by atoms with Gasteiger partial charge in [0, 0.05) is 41.0 Å². The highest BCUT2D eigenvalue weighted by atomic mass is 35.5. The first kappa shape index (κ1) is 18.8. The predicted octanol–water partition coefficient (Wildman–Crippen LogP) is 5.06. The van der Waals surface area contributed by atoms with Crippen LogP contribution in [-0.2, 0) is 6.42 Å². The lowest BCUT2D eigenvalue weighted by Gasteiger charge is -2.32. The molecule has 0 aliphatic carbocycles. The van der Waals surface area contributed by atoms with Crippen LogP contribution in [0.1, 0.15) is 18.4 Å². The molecule has 4 heteroatoms. The Balaban J connectivity index is 1.52. The number of hydrogen-bond acceptors (Lipinski definition) is 3. The Bertz CT molecular complexity index is 654. The smallest absolute Gasteiger partial charge is 0.0409 e. The number of halogens is 1. The quantitative estimate of drug-likeness (QED) is 0.625. The number of rotatable bonds is 7. The van der Waals surface area contributed by atoms with Crippen LogP contribution < -0.4 is 0 Å². The summed E-state index contributed by atoms with van der Waals surface area (Å²) in [5.41, 5.74) is 1.37. The van der Waals surface area contributed by atoms with E-state index >= 15 is 0 Å². The second-order valence-electron chi connectivity index (χ2n) is 6.77. The number of hydrogen-bond donors (Lipinski definition) is 0. The van der Waals surface area contributed by atoms with E-state index in [9.17, 15) is 0 Å². The molecule has 134 valence electrons. The van der Waals surface area contributed by atoms with E-state index in [1.54, 1.807) is 0 Å². The van der Waals surface area contributed by atoms with E-state index in [0.717, 1.165) is 11.4 Å². The maximum Gasteiger partial charge on any atom is 0.0409 e. The molecule has 2 aromatic rings. The highest BCUT2D eigenvalue weighted by Crippen LogP contribution is 2.32. The third kappa shape index (κ3) is 6.03. The Morgan fingerprint density at radius 1 is 0.960 bits per heavy atom. The van der Waals surface area contributed by atoms with Crippen LogP contribution >= 0.6 is 23.4 Å². The fourth-order valence-corrected chi connectivity index (χ4v) is 4.35. The van der Waals surface area contributed by atoms with E-state index in [1.807, 2.05) is 17.8 Å². The van der Waals surface area contributed by atoms with Crippen LogP contribution in [0.15, 0.2) is 58.3 Å². The van der Waals surface area contributed by atoms with Crippen LogP contribution in [0.5, 0.6) is 0 Å². The van der Waals surface area contributed by atoms with E-state index in [1.165, 1.54) is 60.9 Å². The van der Waals surface area contributed by atoms with Crippen LogP contribution in [0.2, 0.25) is 5.02 Å². The van der Waals surface area contributed by atoms with Crippen molar-refractivity contribution in [2.75, 3.05) is 39.8 Å². The van der Waals surface area contributed by atoms with Crippen molar-refractivity contribution >= 4 is 23.4 Å². The summed E-state index contributed by atoms with van der Waals surface area (Å²) < 4.78 is 0. The van der Waals surface area contributed by atoms with Gasteiger partial charge in [0.25, 0.3) is 0 Å². The number of unbranched alkanes of at least 4 members (excludes halogenated alkanes) is 1. The minimum Gasteiger partial charge on any atom is -0.304 e. The molecular weight excluding hydrogens is 348 g/mol. The molecular formula is C21H27ClN2S. The summed E-state index contributed by atoms with van der Waals surface area (Å²) in [5, 5.41) is 0.839. The van der Waals surface area contributed by atoms with Crippen LogP contribution in [-0.4, -0.2) is 49.6 Å². The largest absolute Gasteiger partial charge is 0.304 e. The van der Waals surface area contributed by atoms with Crippen molar-refractivity contribution in [1.82, 2.24) is 9.80 Å². The molecule has 2 aromatic carbocycles. The monoisotopic (exact) mass is 374 g/mol. The molecule has 0 bridgehead atoms. The Morgan fingerprint density at radius 3 is 2.48 bits per heavy atom. The molecule has 1 aliphatic rings. The van der Waals surface area contributed by atoms with Gasteiger partial charge in [0.15, 0.2) is 0 Å². The lowest BCUT2D eigenvalue weighted by molar-refractivity contribution is 0.152. The van der Waals surface area contributed by atoms with Crippen molar-refractivity contribution in [3.05, 3.63) is 59.1 Å². The lowest BCUT2D eigenvalue weighted by atomic mass is 10.1. The minimum atomic E-state index is 0.839. The van der Waals surface area contributed by atoms with E-state index < -0.39 is 0 Å². The van der Waals surface area contributed by atoms with Crippen molar-refractivity contribution in [1.29, 1.82) is 0 Å². The van der Waals surface area contributed by atoms with Gasteiger partial charge in [0.2, 0.25) is 0 Å². The molecule has 1 heterocycles. The molecule has 0 atom stereocenters. The fourth-order valence-electron chi connectivity index (χ4n) is 3.18. The fraction of sp³-hybridized carbons (Fsp3) is 0.429. The van der Waals surface area contributed by atoms with Crippen molar-refractivity contribution < 1.29 is 0 Å². The molecule has 1 aliphatic heterocycles. The van der Waals surface area contributed by atoms with Crippen LogP contribution in [0.3, 0.4) is 0 Å². The molecule has 0 aromatic heterocycles. The second kappa shape index (κ2) is 9.63. The molecule has 1 fully saturated rings. The van der Waals surface area contributed by atoms with Gasteiger partial charge in [-0.15, -0.1) is 0 Å². The highest BCUT2D eigenvalue weighted by Gasteiger charge is 2.13. The Kier molecular flexibility index (Phi) is 7.23. The van der Waals surface area contributed by atoms with Gasteiger partial charge < -0.3 is 9.80 Å². The standard InChI is InChI=1S/C21H27ClN2S/c1-23-13-15-24(16-14-23)12-6-5-7-18-17-19(22)10-11-21(18)25-20-8-3-2-4-9-20/h2-4,8-11,17H,5-7,12-16H2,1H3. The van der Waals surface area contributed by atoms with Gasteiger partial charge in [-0.3, -0.25) is 0 Å². The Labute approximate surface area is 161 Å². The second-order valence-corrected chi connectivity index (χ2v) is 8.32. The first-order valence-electron chi connectivity index (χ1n) is 9.13. The van der Waals surface area contributed by atoms with Gasteiger partial charge in [-0.25, -0.2) is 0 Å². The summed E-state index contributed by atoms with van der Waals surface area (Å²) >= 11 is 8.08. The molecule has 0 saturated carbocycles. The van der Waals surface area contributed by atoms with Crippen molar-refractivity contribution in [2.45, 2.75) is 29.1 Å². The maximum atomic E-state index is 6.25. The van der Waals surface area contributed by atoms with Gasteiger partial charge >= 0.3 is 0 Å². The summed E-state index contributed by atoms with van der Waals surface area (Å²) in [6.07, 6.45) is 3.57. The zero-order chi connectivity index (χ0) is 17.5. The lowest BCUT2D eigenvalue weighted by Crippen LogP contribution is -2.44. The van der Waals surface area contributed by atoms with Crippen LogP contribution in [0.25, 0.3) is 0 Å². The minimum absolute atomic E-state index is 0.839. The summed E-state index contributed by atoms with van der Waals surface area (Å²) in [6.45, 7) is 6.04. The number of benzene rings is 2. The SMILES string of the molecule is CN1CCN(CCCCc2cc(Cl)ccc2Sc2ccccc2)CC1. The van der Waals surface area contributed by atoms with Crippen LogP contribution in [0.4, 0.5) is 0 Å². The van der Waals surface area contributed by atoms with Gasteiger partial charge in [-0.1, -0.05) is 41.6 Å². The van der Waals surface area contributed by atoms with Gasteiger partial charge in [0.05, 0.1) is 0 Å². The maximum absolute atomic E-state index is 6.25. The summed E-state index contributed by atoms with van der Waals surface area (Å²) in [5.74, 6) is 0. The topological polar surface area (TPSA) is 6.48 Å². The van der Waals surface area contributed by atoms with Gasteiger partial charge in [0.1, 0.15) is 0 Å². The molecule has 0 radical (unpaired) electrons. The van der Waals surface area contributed by atoms with E-state index in [0.29, 0.717) is 0 Å². The molecule has 0 amide bonds. The molecule has 0 N–H and O–H groups in total. The van der Waals surface area contributed by atoms with Crippen molar-refractivity contribution in [3.8, 4) is 0 Å². The molecule has 2 nitrogen and oxygen atoms in total. The predicted molar refractivity (Wildman–Crippen MR) is 109 cm³/mol. The summed E-state index contributed by atoms with van der Waals surface area (Å²) in [7, 11) is 2.21. The molecule has 0 unspecified atom stereocenters. The first-order chi connectivity index (χ1) is 12.2. The average molecular weight is 375 g/mol. The zero-order valence-corrected chi connectivity index (χ0v) is 16.5. The molecule has 1 saturated heterocycles. The molecule has 0 spiro atoms. The third-order valence-corrected chi connectivity index (χ3v) is 6.12. The Hall–Kier alpha value is -1.00. The average Bonchev–Trinajstić information content (AvgIpc) is 2.63. The van der Waals surface area contributed by atoms with E-state index in [4.69, 9.17) is 11.6 Å². The number of aryl methyl sites for hydroxylation is 1. The van der Waals surface area contributed by atoms with Crippen molar-refractivity contribution in [2.24, 2.45) is 0 Å². The van der Waals surface area contributed by atoms with E-state index in [2.05, 4.69) is 59.3 Å². The van der Waals surface area contributed by atoms with E-state index in [-0.39, 0.29) is 0 Å².